The number of rotatable bonds is 0. The minimum Gasteiger partial charge on any atom is -0.0949 e. The fourth-order valence-electron chi connectivity index (χ4n) is 1.66. The molecule has 0 radical (unpaired) electrons. The summed E-state index contributed by atoms with van der Waals surface area (Å²) in [5, 5.41) is 0. The summed E-state index contributed by atoms with van der Waals surface area (Å²) in [7, 11) is 0. The molecule has 1 aromatic rings. The maximum atomic E-state index is 4.09. The van der Waals surface area contributed by atoms with Crippen molar-refractivity contribution in [3.05, 3.63) is 72.3 Å². The Labute approximate surface area is 90.9 Å². The van der Waals surface area contributed by atoms with Gasteiger partial charge < -0.3 is 0 Å². The Morgan fingerprint density at radius 1 is 0.867 bits per heavy atom. The van der Waals surface area contributed by atoms with Crippen molar-refractivity contribution in [1.82, 2.24) is 0 Å². The highest BCUT2D eigenvalue weighted by Crippen LogP contribution is 2.25. The van der Waals surface area contributed by atoms with E-state index in [1.165, 1.54) is 16.7 Å². The second kappa shape index (κ2) is 4.61. The van der Waals surface area contributed by atoms with Crippen molar-refractivity contribution in [3.8, 4) is 0 Å². The van der Waals surface area contributed by atoms with Crippen LogP contribution in [0.3, 0.4) is 0 Å². The van der Waals surface area contributed by atoms with Gasteiger partial charge in [0.2, 0.25) is 0 Å². The van der Waals surface area contributed by atoms with Gasteiger partial charge in [0.1, 0.15) is 0 Å². The lowest BCUT2D eigenvalue weighted by molar-refractivity contribution is 1.37. The van der Waals surface area contributed by atoms with Crippen LogP contribution in [0.25, 0.3) is 11.6 Å². The summed E-state index contributed by atoms with van der Waals surface area (Å²) in [5.41, 5.74) is 3.67. The molecule has 0 heterocycles. The quantitative estimate of drug-likeness (QED) is 0.579. The highest BCUT2D eigenvalue weighted by Gasteiger charge is 2.03. The van der Waals surface area contributed by atoms with Crippen LogP contribution in [0.2, 0.25) is 0 Å². The maximum absolute atomic E-state index is 4.09. The lowest BCUT2D eigenvalue weighted by atomic mass is 9.95. The van der Waals surface area contributed by atoms with E-state index in [1.807, 2.05) is 24.3 Å². The number of allylic oxidation sites excluding steroid dienone is 2. The molecule has 0 atom stereocenters. The average Bonchev–Trinajstić information content (AvgIpc) is 2.26. The summed E-state index contributed by atoms with van der Waals surface area (Å²) in [6.07, 6.45) is 5.27. The van der Waals surface area contributed by atoms with Gasteiger partial charge in [-0.25, -0.2) is 0 Å². The Hall–Kier alpha value is -1.82. The molecule has 1 aromatic carbocycles. The number of fused-ring (bicyclic) bond motifs is 1. The molecule has 0 heteroatoms. The predicted molar refractivity (Wildman–Crippen MR) is 66.8 cm³/mol. The topological polar surface area (TPSA) is 0 Å². The highest BCUT2D eigenvalue weighted by molar-refractivity contribution is 5.77. The first kappa shape index (κ1) is 9.72. The summed E-state index contributed by atoms with van der Waals surface area (Å²) >= 11 is 0. The minimum atomic E-state index is 0.955. The molecule has 15 heavy (non-hydrogen) atoms. The molecule has 0 saturated heterocycles. The molecule has 0 nitrogen and oxygen atoms in total. The molecule has 1 aliphatic carbocycles. The Bertz CT molecular complexity index is 451. The van der Waals surface area contributed by atoms with E-state index in [1.54, 1.807) is 0 Å². The lowest BCUT2D eigenvalue weighted by Gasteiger charge is -2.10. The van der Waals surface area contributed by atoms with Gasteiger partial charge in [0.05, 0.1) is 0 Å². The van der Waals surface area contributed by atoms with Crippen LogP contribution in [0.4, 0.5) is 0 Å². The zero-order chi connectivity index (χ0) is 10.5. The molecule has 0 unspecified atom stereocenters. The summed E-state index contributed by atoms with van der Waals surface area (Å²) in [6, 6.07) is 16.5. The van der Waals surface area contributed by atoms with Crippen molar-refractivity contribution >= 4 is 11.6 Å². The molecular formula is C15H14. The van der Waals surface area contributed by atoms with Crippen molar-refractivity contribution in [2.75, 3.05) is 0 Å². The second-order valence-electron chi connectivity index (χ2n) is 3.57. The van der Waals surface area contributed by atoms with Crippen LogP contribution in [0, 0.1) is 0 Å². The van der Waals surface area contributed by atoms with E-state index < -0.39 is 0 Å². The molecule has 0 N–H and O–H groups in total. The van der Waals surface area contributed by atoms with Gasteiger partial charge in [0.25, 0.3) is 0 Å². The molecular weight excluding hydrogens is 180 g/mol. The Morgan fingerprint density at radius 2 is 1.53 bits per heavy atom. The maximum Gasteiger partial charge on any atom is -0.00938 e. The number of hydrogen-bond donors (Lipinski definition) is 0. The third kappa shape index (κ3) is 2.35. The fraction of sp³-hybridized carbons (Fsp3) is 0.0667. The zero-order valence-electron chi connectivity index (χ0n) is 8.69. The van der Waals surface area contributed by atoms with E-state index in [0.717, 1.165) is 6.42 Å². The van der Waals surface area contributed by atoms with Gasteiger partial charge in [-0.3, -0.25) is 0 Å². The Balaban J connectivity index is 2.65. The van der Waals surface area contributed by atoms with Gasteiger partial charge in [-0.05, 0) is 23.1 Å². The van der Waals surface area contributed by atoms with Crippen LogP contribution < -0.4 is 0 Å². The molecule has 74 valence electrons. The SMILES string of the molecule is C=C1CC=Cc2ccccccccc21. The first-order valence-electron chi connectivity index (χ1n) is 5.15. The van der Waals surface area contributed by atoms with Gasteiger partial charge >= 0.3 is 0 Å². The van der Waals surface area contributed by atoms with Crippen LogP contribution in [-0.4, -0.2) is 0 Å². The molecule has 0 spiro atoms. The molecule has 1 aliphatic rings. The normalized spacial score (nSPS) is 12.9. The first-order valence-corrected chi connectivity index (χ1v) is 5.15. The van der Waals surface area contributed by atoms with Crippen molar-refractivity contribution < 1.29 is 0 Å². The molecule has 0 aromatic heterocycles. The monoisotopic (exact) mass is 194 g/mol. The van der Waals surface area contributed by atoms with Gasteiger partial charge in [-0.1, -0.05) is 67.3 Å². The minimum absolute atomic E-state index is 0.955. The average molecular weight is 194 g/mol. The van der Waals surface area contributed by atoms with E-state index in [9.17, 15) is 0 Å². The molecule has 0 amide bonds. The smallest absolute Gasteiger partial charge is 0.00938 e. The lowest BCUT2D eigenvalue weighted by Crippen LogP contribution is -1.88. The largest absolute Gasteiger partial charge is 0.0949 e. The molecule has 0 aliphatic heterocycles. The van der Waals surface area contributed by atoms with Gasteiger partial charge in [-0.15, -0.1) is 0 Å². The standard InChI is InChI=1S/C15H14/c1-13-9-8-11-14-10-6-4-2-3-5-7-12-15(13)14/h2-8,10-12H,1,9H2. The van der Waals surface area contributed by atoms with Crippen LogP contribution >= 0.6 is 0 Å². The zero-order valence-corrected chi connectivity index (χ0v) is 8.69. The molecule has 0 saturated carbocycles. The summed E-state index contributed by atoms with van der Waals surface area (Å²) in [4.78, 5) is 0. The van der Waals surface area contributed by atoms with Gasteiger partial charge in [-0.2, -0.15) is 0 Å². The first-order chi connectivity index (χ1) is 7.38. The van der Waals surface area contributed by atoms with E-state index in [-0.39, 0.29) is 0 Å². The molecule has 0 fully saturated rings. The third-order valence-electron chi connectivity index (χ3n) is 2.45. The van der Waals surface area contributed by atoms with Crippen LogP contribution in [-0.2, 0) is 0 Å². The third-order valence-corrected chi connectivity index (χ3v) is 2.45. The second-order valence-corrected chi connectivity index (χ2v) is 3.57. The van der Waals surface area contributed by atoms with E-state index >= 15 is 0 Å². The summed E-state index contributed by atoms with van der Waals surface area (Å²) in [5.74, 6) is 0. The van der Waals surface area contributed by atoms with Crippen molar-refractivity contribution in [2.24, 2.45) is 0 Å². The fourth-order valence-corrected chi connectivity index (χ4v) is 1.66. The Kier molecular flexibility index (Phi) is 2.99. The van der Waals surface area contributed by atoms with Gasteiger partial charge in [0.15, 0.2) is 0 Å². The van der Waals surface area contributed by atoms with Crippen molar-refractivity contribution in [2.45, 2.75) is 6.42 Å². The molecule has 0 bridgehead atoms. The van der Waals surface area contributed by atoms with Crippen LogP contribution in [0.1, 0.15) is 17.5 Å². The Morgan fingerprint density at radius 3 is 2.33 bits per heavy atom. The van der Waals surface area contributed by atoms with Crippen molar-refractivity contribution in [1.29, 1.82) is 0 Å². The predicted octanol–water partition coefficient (Wildman–Crippen LogP) is 4.24. The summed E-state index contributed by atoms with van der Waals surface area (Å²) < 4.78 is 0. The summed E-state index contributed by atoms with van der Waals surface area (Å²) in [6.45, 7) is 4.09. The van der Waals surface area contributed by atoms with Gasteiger partial charge in [0, 0.05) is 0 Å². The van der Waals surface area contributed by atoms with E-state index in [2.05, 4.69) is 43.0 Å². The van der Waals surface area contributed by atoms with Crippen molar-refractivity contribution in [3.63, 3.8) is 0 Å². The number of hydrogen-bond acceptors (Lipinski definition) is 0. The molecule has 2 rings (SSSR count). The van der Waals surface area contributed by atoms with Crippen LogP contribution in [0.15, 0.2) is 61.2 Å². The van der Waals surface area contributed by atoms with E-state index in [4.69, 9.17) is 0 Å². The van der Waals surface area contributed by atoms with Crippen LogP contribution in [0.5, 0.6) is 0 Å². The highest BCUT2D eigenvalue weighted by atomic mass is 14.1. The van der Waals surface area contributed by atoms with E-state index in [0.29, 0.717) is 0 Å².